The summed E-state index contributed by atoms with van der Waals surface area (Å²) in [4.78, 5) is 4.20. The van der Waals surface area contributed by atoms with Gasteiger partial charge in [0.05, 0.1) is 0 Å². The van der Waals surface area contributed by atoms with Gasteiger partial charge >= 0.3 is 0 Å². The monoisotopic (exact) mass is 212 g/mol. The van der Waals surface area contributed by atoms with E-state index >= 15 is 0 Å². The smallest absolute Gasteiger partial charge is 0.156 e. The van der Waals surface area contributed by atoms with E-state index in [2.05, 4.69) is 10.3 Å². The van der Waals surface area contributed by atoms with Gasteiger partial charge in [-0.3, -0.25) is 4.99 Å². The number of rotatable bonds is 2. The van der Waals surface area contributed by atoms with Crippen LogP contribution in [0.15, 0.2) is 4.99 Å². The maximum absolute atomic E-state index is 4.20. The van der Waals surface area contributed by atoms with Crippen LogP contribution in [0.25, 0.3) is 0 Å². The predicted octanol–water partition coefficient (Wildman–Crippen LogP) is 2.36. The fourth-order valence-corrected chi connectivity index (χ4v) is 4.07. The Hall–Kier alpha value is -0.180. The first-order valence-corrected chi connectivity index (χ1v) is 6.59. The van der Waals surface area contributed by atoms with E-state index in [1.165, 1.54) is 31.4 Å². The molecule has 3 atom stereocenters. The molecule has 2 rings (SSSR count). The molecule has 0 radical (unpaired) electrons. The van der Waals surface area contributed by atoms with E-state index in [1.54, 1.807) is 0 Å². The number of hydrogen-bond donors (Lipinski definition) is 1. The van der Waals surface area contributed by atoms with Gasteiger partial charge in [0.1, 0.15) is 0 Å². The molecule has 0 heterocycles. The molecule has 3 heteroatoms. The van der Waals surface area contributed by atoms with Crippen LogP contribution in [-0.2, 0) is 0 Å². The summed E-state index contributed by atoms with van der Waals surface area (Å²) < 4.78 is 0. The third kappa shape index (κ3) is 2.08. The quantitative estimate of drug-likeness (QED) is 0.561. The Morgan fingerprint density at radius 3 is 2.79 bits per heavy atom. The number of amidine groups is 1. The van der Waals surface area contributed by atoms with Gasteiger partial charge in [-0.1, -0.05) is 18.2 Å². The summed E-state index contributed by atoms with van der Waals surface area (Å²) >= 11 is 1.90. The SMILES string of the molecule is CN=C(NC)SCC1CC2CCC1C2. The molecule has 3 unspecified atom stereocenters. The van der Waals surface area contributed by atoms with E-state index in [-0.39, 0.29) is 0 Å². The molecule has 0 spiro atoms. The fraction of sp³-hybridized carbons (Fsp3) is 0.909. The van der Waals surface area contributed by atoms with Crippen LogP contribution in [0.5, 0.6) is 0 Å². The molecule has 2 nitrogen and oxygen atoms in total. The maximum Gasteiger partial charge on any atom is 0.156 e. The number of nitrogens with one attached hydrogen (secondary N) is 1. The van der Waals surface area contributed by atoms with Gasteiger partial charge in [-0.05, 0) is 37.0 Å². The highest BCUT2D eigenvalue weighted by Gasteiger charge is 2.39. The fourth-order valence-electron chi connectivity index (χ4n) is 3.02. The van der Waals surface area contributed by atoms with Crippen molar-refractivity contribution >= 4 is 16.9 Å². The Labute approximate surface area is 90.9 Å². The molecule has 2 saturated carbocycles. The number of thioether (sulfide) groups is 1. The van der Waals surface area contributed by atoms with Crippen LogP contribution < -0.4 is 5.32 Å². The number of nitrogens with zero attached hydrogens (tertiary/aromatic N) is 1. The summed E-state index contributed by atoms with van der Waals surface area (Å²) in [6.07, 6.45) is 6.00. The molecular formula is C11H20N2S. The molecule has 2 fully saturated rings. The van der Waals surface area contributed by atoms with Gasteiger partial charge in [0.2, 0.25) is 0 Å². The van der Waals surface area contributed by atoms with Crippen LogP contribution in [0.3, 0.4) is 0 Å². The molecule has 1 N–H and O–H groups in total. The minimum absolute atomic E-state index is 0.976. The van der Waals surface area contributed by atoms with Crippen molar-refractivity contribution in [3.63, 3.8) is 0 Å². The highest BCUT2D eigenvalue weighted by molar-refractivity contribution is 8.13. The maximum atomic E-state index is 4.20. The lowest BCUT2D eigenvalue weighted by Crippen LogP contribution is -2.19. The topological polar surface area (TPSA) is 24.4 Å². The average Bonchev–Trinajstić information content (AvgIpc) is 2.80. The van der Waals surface area contributed by atoms with E-state index in [4.69, 9.17) is 0 Å². The second-order valence-electron chi connectivity index (χ2n) is 4.52. The summed E-state index contributed by atoms with van der Waals surface area (Å²) in [5.74, 6) is 4.36. The van der Waals surface area contributed by atoms with Gasteiger partial charge in [-0.2, -0.15) is 0 Å². The van der Waals surface area contributed by atoms with Crippen molar-refractivity contribution in [2.45, 2.75) is 25.7 Å². The highest BCUT2D eigenvalue weighted by Crippen LogP contribution is 2.49. The largest absolute Gasteiger partial charge is 0.368 e. The average molecular weight is 212 g/mol. The van der Waals surface area contributed by atoms with Gasteiger partial charge in [-0.25, -0.2) is 0 Å². The lowest BCUT2D eigenvalue weighted by Gasteiger charge is -2.21. The Balaban J connectivity index is 1.76. The second-order valence-corrected chi connectivity index (χ2v) is 5.53. The first-order valence-electron chi connectivity index (χ1n) is 5.60. The van der Waals surface area contributed by atoms with E-state index in [0.717, 1.165) is 22.9 Å². The zero-order valence-corrected chi connectivity index (χ0v) is 9.94. The summed E-state index contributed by atoms with van der Waals surface area (Å²) in [5.41, 5.74) is 0. The number of fused-ring (bicyclic) bond motifs is 2. The van der Waals surface area contributed by atoms with Gasteiger partial charge in [0, 0.05) is 19.8 Å². The van der Waals surface area contributed by atoms with Crippen molar-refractivity contribution in [1.82, 2.24) is 5.32 Å². The van der Waals surface area contributed by atoms with Crippen molar-refractivity contribution < 1.29 is 0 Å². The lowest BCUT2D eigenvalue weighted by molar-refractivity contribution is 0.366. The molecule has 2 aliphatic rings. The zero-order valence-electron chi connectivity index (χ0n) is 9.12. The Morgan fingerprint density at radius 2 is 2.29 bits per heavy atom. The van der Waals surface area contributed by atoms with E-state index in [0.29, 0.717) is 0 Å². The molecule has 0 saturated heterocycles. The molecule has 0 aromatic heterocycles. The Kier molecular flexibility index (Phi) is 3.37. The first kappa shape index (κ1) is 10.3. The van der Waals surface area contributed by atoms with Crippen molar-refractivity contribution in [2.24, 2.45) is 22.7 Å². The third-order valence-corrected chi connectivity index (χ3v) is 4.99. The minimum atomic E-state index is 0.976. The van der Waals surface area contributed by atoms with E-state index in [9.17, 15) is 0 Å². The minimum Gasteiger partial charge on any atom is -0.368 e. The number of aliphatic imine (C=N–C) groups is 1. The Morgan fingerprint density at radius 1 is 1.43 bits per heavy atom. The normalized spacial score (nSPS) is 36.4. The molecule has 0 aliphatic heterocycles. The van der Waals surface area contributed by atoms with Crippen LogP contribution >= 0.6 is 11.8 Å². The van der Waals surface area contributed by atoms with Gasteiger partial charge in [-0.15, -0.1) is 0 Å². The van der Waals surface area contributed by atoms with Crippen LogP contribution in [-0.4, -0.2) is 25.0 Å². The first-order chi connectivity index (χ1) is 6.83. The van der Waals surface area contributed by atoms with Crippen LogP contribution in [0, 0.1) is 17.8 Å². The summed E-state index contributed by atoms with van der Waals surface area (Å²) in [6, 6.07) is 0. The molecule has 2 bridgehead atoms. The summed E-state index contributed by atoms with van der Waals surface area (Å²) in [7, 11) is 3.82. The van der Waals surface area contributed by atoms with Crippen LogP contribution in [0.2, 0.25) is 0 Å². The predicted molar refractivity (Wildman–Crippen MR) is 63.8 cm³/mol. The lowest BCUT2D eigenvalue weighted by atomic mass is 9.90. The van der Waals surface area contributed by atoms with Crippen LogP contribution in [0.1, 0.15) is 25.7 Å². The number of hydrogen-bond acceptors (Lipinski definition) is 2. The zero-order chi connectivity index (χ0) is 9.97. The molecule has 80 valence electrons. The molecule has 0 aromatic rings. The Bertz CT molecular complexity index is 227. The van der Waals surface area contributed by atoms with E-state index in [1.807, 2.05) is 25.9 Å². The second kappa shape index (κ2) is 4.56. The molecule has 0 aromatic carbocycles. The molecule has 2 aliphatic carbocycles. The van der Waals surface area contributed by atoms with Gasteiger partial charge in [0.15, 0.2) is 5.17 Å². The van der Waals surface area contributed by atoms with Gasteiger partial charge < -0.3 is 5.32 Å². The van der Waals surface area contributed by atoms with E-state index < -0.39 is 0 Å². The summed E-state index contributed by atoms with van der Waals surface area (Å²) in [5, 5.41) is 4.22. The van der Waals surface area contributed by atoms with Crippen LogP contribution in [0.4, 0.5) is 0 Å². The summed E-state index contributed by atoms with van der Waals surface area (Å²) in [6.45, 7) is 0. The molecular weight excluding hydrogens is 192 g/mol. The van der Waals surface area contributed by atoms with Crippen molar-refractivity contribution in [1.29, 1.82) is 0 Å². The molecule has 14 heavy (non-hydrogen) atoms. The highest BCUT2D eigenvalue weighted by atomic mass is 32.2. The van der Waals surface area contributed by atoms with Gasteiger partial charge in [0.25, 0.3) is 0 Å². The van der Waals surface area contributed by atoms with Crippen molar-refractivity contribution in [3.8, 4) is 0 Å². The van der Waals surface area contributed by atoms with Crippen molar-refractivity contribution in [3.05, 3.63) is 0 Å². The third-order valence-electron chi connectivity index (χ3n) is 3.74. The molecule has 0 amide bonds. The van der Waals surface area contributed by atoms with Crippen molar-refractivity contribution in [2.75, 3.05) is 19.8 Å². The standard InChI is InChI=1S/C11H20N2S/c1-12-11(13-2)14-7-10-6-8-3-4-9(10)5-8/h8-10H,3-7H2,1-2H3,(H,12,13).